The number of hydrogen-bond acceptors (Lipinski definition) is 3. The molecule has 23 heavy (non-hydrogen) atoms. The van der Waals surface area contributed by atoms with Gasteiger partial charge in [0.2, 0.25) is 4.77 Å². The van der Waals surface area contributed by atoms with Gasteiger partial charge >= 0.3 is 0 Å². The second-order valence-corrected chi connectivity index (χ2v) is 8.77. The summed E-state index contributed by atoms with van der Waals surface area (Å²) in [5.74, 6) is 2.73. The summed E-state index contributed by atoms with van der Waals surface area (Å²) in [6, 6.07) is 3.04. The number of thiophene rings is 1. The average molecular weight is 348 g/mol. The van der Waals surface area contributed by atoms with Crippen LogP contribution in [-0.2, 0) is 20.1 Å². The molecule has 2 atom stereocenters. The molecule has 3 aliphatic rings. The van der Waals surface area contributed by atoms with Crippen LogP contribution in [-0.4, -0.2) is 20.9 Å². The van der Waals surface area contributed by atoms with Crippen LogP contribution in [0.2, 0.25) is 0 Å². The summed E-state index contributed by atoms with van der Waals surface area (Å²) >= 11 is 7.61. The van der Waals surface area contributed by atoms with E-state index in [4.69, 9.17) is 17.3 Å². The third kappa shape index (κ3) is 2.42. The number of aromatic nitrogens is 3. The SMILES string of the molecule is Cn1c(C2CC2)nn(C[NH+]2CCc3sccc3[C@H]2C2CC2)c1=S. The summed E-state index contributed by atoms with van der Waals surface area (Å²) in [5, 5.41) is 7.16. The van der Waals surface area contributed by atoms with Crippen LogP contribution in [0.3, 0.4) is 0 Å². The van der Waals surface area contributed by atoms with Gasteiger partial charge in [0, 0.05) is 35.7 Å². The highest BCUT2D eigenvalue weighted by Gasteiger charge is 2.43. The number of nitrogens with zero attached hydrogens (tertiary/aromatic N) is 3. The standard InChI is InChI=1S/C17H22N4S2/c1-19-16(12-4-5-12)18-21(17(19)22)10-20-8-6-14-13(7-9-23-14)15(20)11-2-3-11/h7,9,11-12,15H,2-6,8,10H2,1H3/p+1/t15-/m1/s1. The van der Waals surface area contributed by atoms with Gasteiger partial charge in [-0.1, -0.05) is 0 Å². The van der Waals surface area contributed by atoms with Crippen molar-refractivity contribution in [3.05, 3.63) is 32.5 Å². The van der Waals surface area contributed by atoms with E-state index in [0.717, 1.165) is 17.4 Å². The average Bonchev–Trinajstić information content (AvgIpc) is 3.47. The maximum Gasteiger partial charge on any atom is 0.202 e. The van der Waals surface area contributed by atoms with Gasteiger partial charge in [-0.25, -0.2) is 0 Å². The highest BCUT2D eigenvalue weighted by molar-refractivity contribution is 7.71. The van der Waals surface area contributed by atoms with Gasteiger partial charge in [0.05, 0.1) is 6.54 Å². The highest BCUT2D eigenvalue weighted by Crippen LogP contribution is 2.42. The normalized spacial score (nSPS) is 27.2. The predicted molar refractivity (Wildman–Crippen MR) is 93.3 cm³/mol. The van der Waals surface area contributed by atoms with E-state index in [0.29, 0.717) is 12.0 Å². The van der Waals surface area contributed by atoms with E-state index in [-0.39, 0.29) is 0 Å². The lowest BCUT2D eigenvalue weighted by Crippen LogP contribution is -3.13. The Labute approximate surface area is 145 Å². The van der Waals surface area contributed by atoms with Crippen LogP contribution >= 0.6 is 23.6 Å². The van der Waals surface area contributed by atoms with Gasteiger partial charge in [0.15, 0.2) is 6.67 Å². The molecule has 0 saturated heterocycles. The van der Waals surface area contributed by atoms with Crippen molar-refractivity contribution in [2.45, 2.75) is 50.7 Å². The van der Waals surface area contributed by atoms with Gasteiger partial charge in [-0.3, -0.25) is 0 Å². The molecule has 1 aliphatic heterocycles. The zero-order valence-electron chi connectivity index (χ0n) is 13.5. The Hall–Kier alpha value is -0.980. The van der Waals surface area contributed by atoms with Crippen molar-refractivity contribution in [1.29, 1.82) is 0 Å². The van der Waals surface area contributed by atoms with E-state index >= 15 is 0 Å². The summed E-state index contributed by atoms with van der Waals surface area (Å²) in [5.41, 5.74) is 1.61. The molecule has 2 aromatic heterocycles. The minimum Gasteiger partial charge on any atom is -0.310 e. The van der Waals surface area contributed by atoms with Crippen molar-refractivity contribution in [3.8, 4) is 0 Å². The molecular weight excluding hydrogens is 324 g/mol. The molecule has 0 radical (unpaired) electrons. The highest BCUT2D eigenvalue weighted by atomic mass is 32.1. The van der Waals surface area contributed by atoms with E-state index < -0.39 is 0 Å². The largest absolute Gasteiger partial charge is 0.310 e. The molecule has 3 heterocycles. The summed E-state index contributed by atoms with van der Waals surface area (Å²) in [6.07, 6.45) is 6.55. The Kier molecular flexibility index (Phi) is 3.29. The Balaban J connectivity index is 1.46. The summed E-state index contributed by atoms with van der Waals surface area (Å²) in [4.78, 5) is 3.28. The van der Waals surface area contributed by atoms with Crippen molar-refractivity contribution in [2.24, 2.45) is 13.0 Å². The fourth-order valence-electron chi connectivity index (χ4n) is 4.17. The summed E-state index contributed by atoms with van der Waals surface area (Å²) in [6.45, 7) is 2.14. The van der Waals surface area contributed by atoms with Crippen LogP contribution in [0.15, 0.2) is 11.4 Å². The van der Waals surface area contributed by atoms with Crippen LogP contribution in [0.4, 0.5) is 0 Å². The van der Waals surface area contributed by atoms with Crippen LogP contribution in [0, 0.1) is 10.7 Å². The first kappa shape index (κ1) is 14.4. The Morgan fingerprint density at radius 1 is 1.35 bits per heavy atom. The second-order valence-electron chi connectivity index (χ2n) is 7.40. The van der Waals surface area contributed by atoms with Crippen molar-refractivity contribution < 1.29 is 4.90 Å². The topological polar surface area (TPSA) is 27.2 Å². The van der Waals surface area contributed by atoms with E-state index in [1.165, 1.54) is 44.5 Å². The van der Waals surface area contributed by atoms with Crippen LogP contribution in [0.25, 0.3) is 0 Å². The minimum absolute atomic E-state index is 0.655. The van der Waals surface area contributed by atoms with Crippen molar-refractivity contribution >= 4 is 23.6 Å². The van der Waals surface area contributed by atoms with E-state index in [1.807, 2.05) is 11.3 Å². The molecule has 1 unspecified atom stereocenters. The molecule has 0 spiro atoms. The molecule has 6 heteroatoms. The third-order valence-corrected chi connectivity index (χ3v) is 7.17. The maximum absolute atomic E-state index is 5.66. The molecule has 2 aliphatic carbocycles. The molecular formula is C17H23N4S2+. The summed E-state index contributed by atoms with van der Waals surface area (Å²) in [7, 11) is 2.08. The molecule has 2 aromatic rings. The van der Waals surface area contributed by atoms with Gasteiger partial charge in [-0.15, -0.1) is 11.3 Å². The first-order valence-electron chi connectivity index (χ1n) is 8.77. The molecule has 2 saturated carbocycles. The number of nitrogens with one attached hydrogen (secondary N) is 1. The lowest BCUT2D eigenvalue weighted by molar-refractivity contribution is -0.958. The second kappa shape index (κ2) is 5.26. The molecule has 0 aromatic carbocycles. The molecule has 0 amide bonds. The van der Waals surface area contributed by atoms with Gasteiger partial charge < -0.3 is 9.47 Å². The van der Waals surface area contributed by atoms with Gasteiger partial charge in [0.25, 0.3) is 0 Å². The van der Waals surface area contributed by atoms with Crippen molar-refractivity contribution in [2.75, 3.05) is 6.54 Å². The fraction of sp³-hybridized carbons (Fsp3) is 0.647. The Morgan fingerprint density at radius 3 is 2.91 bits per heavy atom. The van der Waals surface area contributed by atoms with E-state index in [9.17, 15) is 0 Å². The Bertz CT molecular complexity index is 794. The zero-order valence-corrected chi connectivity index (χ0v) is 15.1. The van der Waals surface area contributed by atoms with E-state index in [2.05, 4.69) is 27.7 Å². The number of quaternary nitrogens is 1. The quantitative estimate of drug-likeness (QED) is 0.860. The molecule has 2 fully saturated rings. The molecule has 122 valence electrons. The van der Waals surface area contributed by atoms with Gasteiger partial charge in [0.1, 0.15) is 11.9 Å². The molecule has 1 N–H and O–H groups in total. The maximum atomic E-state index is 5.66. The van der Waals surface area contributed by atoms with Gasteiger partial charge in [-0.05, 0) is 49.3 Å². The monoisotopic (exact) mass is 347 g/mol. The first-order chi connectivity index (χ1) is 11.2. The predicted octanol–water partition coefficient (Wildman–Crippen LogP) is 2.44. The first-order valence-corrected chi connectivity index (χ1v) is 10.1. The number of fused-ring (bicyclic) bond motifs is 1. The number of rotatable bonds is 4. The van der Waals surface area contributed by atoms with Crippen LogP contribution in [0.5, 0.6) is 0 Å². The zero-order chi connectivity index (χ0) is 15.6. The third-order valence-electron chi connectivity index (χ3n) is 5.69. The molecule has 5 rings (SSSR count). The minimum atomic E-state index is 0.655. The Morgan fingerprint density at radius 2 is 2.17 bits per heavy atom. The van der Waals surface area contributed by atoms with Crippen molar-refractivity contribution in [1.82, 2.24) is 14.3 Å². The fourth-order valence-corrected chi connectivity index (χ4v) is 5.30. The molecule has 0 bridgehead atoms. The summed E-state index contributed by atoms with van der Waals surface area (Å²) < 4.78 is 5.13. The smallest absolute Gasteiger partial charge is 0.202 e. The van der Waals surface area contributed by atoms with Gasteiger partial charge in [-0.2, -0.15) is 9.78 Å². The lowest BCUT2D eigenvalue weighted by Gasteiger charge is -2.32. The lowest BCUT2D eigenvalue weighted by atomic mass is 9.96. The van der Waals surface area contributed by atoms with E-state index in [1.54, 1.807) is 15.3 Å². The van der Waals surface area contributed by atoms with Crippen molar-refractivity contribution in [3.63, 3.8) is 0 Å². The van der Waals surface area contributed by atoms with Crippen LogP contribution in [0.1, 0.15) is 53.9 Å². The molecule has 4 nitrogen and oxygen atoms in total. The number of hydrogen-bond donors (Lipinski definition) is 1. The van der Waals surface area contributed by atoms with Crippen LogP contribution < -0.4 is 4.90 Å².